The minimum atomic E-state index is -1.10. The molecule has 1 amide bonds. The highest BCUT2D eigenvalue weighted by molar-refractivity contribution is 6.35. The van der Waals surface area contributed by atoms with Crippen LogP contribution in [0.3, 0.4) is 0 Å². The summed E-state index contributed by atoms with van der Waals surface area (Å²) in [4.78, 5) is 23.4. The Morgan fingerprint density at radius 3 is 2.68 bits per heavy atom. The molecule has 2 N–H and O–H groups in total. The lowest BCUT2D eigenvalue weighted by molar-refractivity contribution is -0.119. The summed E-state index contributed by atoms with van der Waals surface area (Å²) < 4.78 is 3.00. The van der Waals surface area contributed by atoms with Gasteiger partial charge in [-0.15, -0.1) is 0 Å². The van der Waals surface area contributed by atoms with Gasteiger partial charge in [0.1, 0.15) is 6.04 Å². The molecule has 10 heteroatoms. The number of anilines is 1. The Morgan fingerprint density at radius 2 is 2.04 bits per heavy atom. The van der Waals surface area contributed by atoms with Crippen LogP contribution in [0.5, 0.6) is 0 Å². The molecule has 1 aromatic carbocycles. The van der Waals surface area contributed by atoms with Crippen LogP contribution in [0.15, 0.2) is 36.7 Å². The molecule has 0 aliphatic rings. The summed E-state index contributed by atoms with van der Waals surface area (Å²) in [6.07, 6.45) is 2.50. The number of carbonyl (C=O) groups excluding carboxylic acids is 1. The number of amides is 1. The van der Waals surface area contributed by atoms with Crippen molar-refractivity contribution in [1.82, 2.24) is 19.6 Å². The zero-order chi connectivity index (χ0) is 20.4. The molecule has 2 aromatic heterocycles. The lowest BCUT2D eigenvalue weighted by Crippen LogP contribution is -2.24. The number of carboxylic acid groups (broad SMARTS) is 1. The van der Waals surface area contributed by atoms with Crippen LogP contribution in [0, 0.1) is 6.92 Å². The van der Waals surface area contributed by atoms with Crippen LogP contribution in [-0.2, 0) is 11.3 Å². The first-order chi connectivity index (χ1) is 13.2. The molecule has 8 nitrogen and oxygen atoms in total. The van der Waals surface area contributed by atoms with Crippen molar-refractivity contribution in [2.45, 2.75) is 26.4 Å². The molecular weight excluding hydrogens is 405 g/mol. The molecule has 1 unspecified atom stereocenters. The van der Waals surface area contributed by atoms with Crippen LogP contribution in [-0.4, -0.2) is 36.5 Å². The predicted octanol–water partition coefficient (Wildman–Crippen LogP) is 3.64. The summed E-state index contributed by atoms with van der Waals surface area (Å²) in [5.41, 5.74) is 1.70. The van der Waals surface area contributed by atoms with Gasteiger partial charge in [-0.05, 0) is 31.5 Å². The zero-order valence-electron chi connectivity index (χ0n) is 15.1. The second-order valence-corrected chi connectivity index (χ2v) is 7.09. The average molecular weight is 422 g/mol. The van der Waals surface area contributed by atoms with Gasteiger partial charge in [0, 0.05) is 28.0 Å². The summed E-state index contributed by atoms with van der Waals surface area (Å²) in [7, 11) is 0. The Hall–Kier alpha value is -2.84. The molecule has 0 spiro atoms. The van der Waals surface area contributed by atoms with Gasteiger partial charge in [0.2, 0.25) is 5.91 Å². The molecule has 2 heterocycles. The Morgan fingerprint density at radius 1 is 1.29 bits per heavy atom. The third kappa shape index (κ3) is 4.35. The van der Waals surface area contributed by atoms with Crippen molar-refractivity contribution in [3.63, 3.8) is 0 Å². The number of carboxylic acids is 1. The summed E-state index contributed by atoms with van der Waals surface area (Å²) in [5, 5.41) is 21.1. The van der Waals surface area contributed by atoms with Gasteiger partial charge in [-0.25, -0.2) is 4.79 Å². The predicted molar refractivity (Wildman–Crippen MR) is 105 cm³/mol. The lowest BCUT2D eigenvalue weighted by Gasteiger charge is -2.11. The van der Waals surface area contributed by atoms with Crippen LogP contribution in [0.4, 0.5) is 5.82 Å². The minimum Gasteiger partial charge on any atom is -0.478 e. The van der Waals surface area contributed by atoms with E-state index in [1.807, 2.05) is 13.0 Å². The first-order valence-corrected chi connectivity index (χ1v) is 9.07. The van der Waals surface area contributed by atoms with Gasteiger partial charge in [0.15, 0.2) is 5.82 Å². The number of nitrogens with zero attached hydrogens (tertiary/aromatic N) is 4. The van der Waals surface area contributed by atoms with Crippen molar-refractivity contribution in [3.8, 4) is 0 Å². The van der Waals surface area contributed by atoms with Crippen molar-refractivity contribution < 1.29 is 14.7 Å². The van der Waals surface area contributed by atoms with Gasteiger partial charge in [0.05, 0.1) is 18.3 Å². The Labute approximate surface area is 170 Å². The van der Waals surface area contributed by atoms with E-state index in [1.165, 1.54) is 17.1 Å². The number of benzene rings is 1. The molecule has 28 heavy (non-hydrogen) atoms. The van der Waals surface area contributed by atoms with Crippen LogP contribution in [0.25, 0.3) is 0 Å². The van der Waals surface area contributed by atoms with Gasteiger partial charge in [-0.3, -0.25) is 14.2 Å². The molecule has 0 bridgehead atoms. The maximum atomic E-state index is 12.5. The smallest absolute Gasteiger partial charge is 0.338 e. The van der Waals surface area contributed by atoms with E-state index in [9.17, 15) is 9.59 Å². The molecule has 0 aliphatic carbocycles. The number of aryl methyl sites for hydroxylation is 1. The summed E-state index contributed by atoms with van der Waals surface area (Å²) in [5.74, 6) is -1.09. The van der Waals surface area contributed by atoms with Gasteiger partial charge < -0.3 is 10.4 Å². The van der Waals surface area contributed by atoms with Crippen molar-refractivity contribution in [2.24, 2.45) is 0 Å². The topological polar surface area (TPSA) is 102 Å². The number of halogens is 2. The third-order valence-electron chi connectivity index (χ3n) is 4.19. The maximum Gasteiger partial charge on any atom is 0.338 e. The molecular formula is C18H17Cl2N5O3. The van der Waals surface area contributed by atoms with E-state index < -0.39 is 12.0 Å². The number of hydrogen-bond acceptors (Lipinski definition) is 4. The molecule has 146 valence electrons. The van der Waals surface area contributed by atoms with Crippen molar-refractivity contribution in [2.75, 3.05) is 5.32 Å². The number of nitrogens with one attached hydrogen (secondary N) is 1. The number of hydrogen-bond donors (Lipinski definition) is 2. The fourth-order valence-electron chi connectivity index (χ4n) is 2.55. The standard InChI is InChI=1S/C18H17Cl2N5O3/c1-10-5-16(23-24(10)8-12-3-4-14(19)6-15(12)20)22-17(26)11(2)25-9-13(7-21-25)18(27)28/h3-7,9,11H,8H2,1-2H3,(H,27,28)(H,22,23,26). The lowest BCUT2D eigenvalue weighted by atomic mass is 10.2. The number of aromatic nitrogens is 4. The molecule has 3 rings (SSSR count). The van der Waals surface area contributed by atoms with Crippen LogP contribution in [0.2, 0.25) is 10.0 Å². The van der Waals surface area contributed by atoms with Crippen LogP contribution in [0.1, 0.15) is 34.6 Å². The number of rotatable bonds is 6. The van der Waals surface area contributed by atoms with Gasteiger partial charge in [-0.1, -0.05) is 29.3 Å². The van der Waals surface area contributed by atoms with Gasteiger partial charge >= 0.3 is 5.97 Å². The monoisotopic (exact) mass is 421 g/mol. The number of aromatic carboxylic acids is 1. The Kier molecular flexibility index (Phi) is 5.71. The molecule has 0 saturated carbocycles. The Bertz CT molecular complexity index is 1040. The highest BCUT2D eigenvalue weighted by atomic mass is 35.5. The largest absolute Gasteiger partial charge is 0.478 e. The SMILES string of the molecule is Cc1cc(NC(=O)C(C)n2cc(C(=O)O)cn2)nn1Cc1ccc(Cl)cc1Cl. The van der Waals surface area contributed by atoms with Gasteiger partial charge in [0.25, 0.3) is 0 Å². The van der Waals surface area contributed by atoms with E-state index in [1.54, 1.807) is 29.8 Å². The second-order valence-electron chi connectivity index (χ2n) is 6.24. The highest BCUT2D eigenvalue weighted by Crippen LogP contribution is 2.23. The third-order valence-corrected chi connectivity index (χ3v) is 4.78. The quantitative estimate of drug-likeness (QED) is 0.632. The fraction of sp³-hybridized carbons (Fsp3) is 0.222. The van der Waals surface area contributed by atoms with Crippen molar-refractivity contribution in [1.29, 1.82) is 0 Å². The fourth-order valence-corrected chi connectivity index (χ4v) is 3.02. The van der Waals surface area contributed by atoms with E-state index in [-0.39, 0.29) is 11.5 Å². The maximum absolute atomic E-state index is 12.5. The van der Waals surface area contributed by atoms with Crippen LogP contribution >= 0.6 is 23.2 Å². The first kappa shape index (κ1) is 19.9. The van der Waals surface area contributed by atoms with Crippen molar-refractivity contribution >= 4 is 40.9 Å². The highest BCUT2D eigenvalue weighted by Gasteiger charge is 2.19. The number of carbonyl (C=O) groups is 2. The van der Waals surface area contributed by atoms with Crippen LogP contribution < -0.4 is 5.32 Å². The molecule has 1 atom stereocenters. The first-order valence-electron chi connectivity index (χ1n) is 8.31. The molecule has 0 saturated heterocycles. The summed E-state index contributed by atoms with van der Waals surface area (Å²) >= 11 is 12.1. The summed E-state index contributed by atoms with van der Waals surface area (Å²) in [6, 6.07) is 6.27. The minimum absolute atomic E-state index is 0.0135. The van der Waals surface area contributed by atoms with E-state index in [2.05, 4.69) is 15.5 Å². The van der Waals surface area contributed by atoms with Crippen molar-refractivity contribution in [3.05, 3.63) is 63.5 Å². The molecule has 3 aromatic rings. The second kappa shape index (κ2) is 8.04. The molecule has 0 radical (unpaired) electrons. The Balaban J connectivity index is 1.71. The van der Waals surface area contributed by atoms with E-state index >= 15 is 0 Å². The summed E-state index contributed by atoms with van der Waals surface area (Å²) in [6.45, 7) is 3.90. The van der Waals surface area contributed by atoms with E-state index in [4.69, 9.17) is 28.3 Å². The van der Waals surface area contributed by atoms with E-state index in [0.29, 0.717) is 22.4 Å². The normalized spacial score (nSPS) is 12.0. The zero-order valence-corrected chi connectivity index (χ0v) is 16.6. The molecule has 0 aliphatic heterocycles. The van der Waals surface area contributed by atoms with E-state index in [0.717, 1.165) is 11.3 Å². The average Bonchev–Trinajstić information content (AvgIpc) is 3.24. The van der Waals surface area contributed by atoms with Gasteiger partial charge in [-0.2, -0.15) is 10.2 Å². The molecule has 0 fully saturated rings.